The number of hydrogen-bond acceptors (Lipinski definition) is 4. The molecule has 25 heavy (non-hydrogen) atoms. The molecule has 8 heteroatoms. The summed E-state index contributed by atoms with van der Waals surface area (Å²) in [6, 6.07) is 2.52. The predicted octanol–water partition coefficient (Wildman–Crippen LogP) is 1.14. The van der Waals surface area contributed by atoms with Crippen LogP contribution in [0.4, 0.5) is 0 Å². The van der Waals surface area contributed by atoms with Crippen LogP contribution < -0.4 is 5.56 Å². The molecule has 1 aliphatic rings. The molecule has 7 nitrogen and oxygen atoms in total. The van der Waals surface area contributed by atoms with E-state index in [1.165, 1.54) is 27.2 Å². The second-order valence-corrected chi connectivity index (χ2v) is 8.42. The number of nitrogens with zero attached hydrogens (tertiary/aromatic N) is 3. The minimum absolute atomic E-state index is 0.0378. The van der Waals surface area contributed by atoms with E-state index in [-0.39, 0.29) is 22.9 Å². The second kappa shape index (κ2) is 8.14. The number of likely N-dealkylation sites (tertiary alicyclic amines) is 1. The molecule has 1 amide bonds. The van der Waals surface area contributed by atoms with E-state index in [1.807, 2.05) is 0 Å². The Balaban J connectivity index is 2.22. The van der Waals surface area contributed by atoms with Crippen LogP contribution >= 0.6 is 0 Å². The molecule has 0 bridgehead atoms. The summed E-state index contributed by atoms with van der Waals surface area (Å²) >= 11 is 0. The highest BCUT2D eigenvalue weighted by Crippen LogP contribution is 2.17. The Morgan fingerprint density at radius 1 is 1.20 bits per heavy atom. The van der Waals surface area contributed by atoms with Crippen molar-refractivity contribution in [2.75, 3.05) is 26.2 Å². The van der Waals surface area contributed by atoms with E-state index in [4.69, 9.17) is 0 Å². The highest BCUT2D eigenvalue weighted by Gasteiger charge is 2.24. The van der Waals surface area contributed by atoms with Gasteiger partial charge in [0.2, 0.25) is 15.9 Å². The molecule has 1 saturated heterocycles. The molecule has 0 aliphatic carbocycles. The smallest absolute Gasteiger partial charge is 0.251 e. The Morgan fingerprint density at radius 2 is 1.80 bits per heavy atom. The highest BCUT2D eigenvalue weighted by atomic mass is 32.2. The normalized spacial score (nSPS) is 16.4. The third kappa shape index (κ3) is 4.49. The van der Waals surface area contributed by atoms with Crippen LogP contribution in [0.15, 0.2) is 28.0 Å². The minimum Gasteiger partial charge on any atom is -0.341 e. The Morgan fingerprint density at radius 3 is 2.36 bits per heavy atom. The summed E-state index contributed by atoms with van der Waals surface area (Å²) in [6.45, 7) is 7.63. The van der Waals surface area contributed by atoms with Crippen LogP contribution in [0.3, 0.4) is 0 Å². The zero-order chi connectivity index (χ0) is 18.6. The second-order valence-electron chi connectivity index (χ2n) is 6.48. The molecule has 140 valence electrons. The minimum atomic E-state index is -3.66. The van der Waals surface area contributed by atoms with Crippen molar-refractivity contribution in [3.05, 3.63) is 28.7 Å². The number of carbonyl (C=O) groups excluding carboxylic acids is 1. The van der Waals surface area contributed by atoms with Crippen molar-refractivity contribution in [3.63, 3.8) is 0 Å². The fourth-order valence-electron chi connectivity index (χ4n) is 3.00. The van der Waals surface area contributed by atoms with E-state index in [1.54, 1.807) is 18.7 Å². The Kier molecular flexibility index (Phi) is 6.40. The average molecular weight is 369 g/mol. The first-order valence-electron chi connectivity index (χ1n) is 8.78. The lowest BCUT2D eigenvalue weighted by molar-refractivity contribution is -0.133. The number of aromatic nitrogens is 1. The van der Waals surface area contributed by atoms with E-state index >= 15 is 0 Å². The van der Waals surface area contributed by atoms with Gasteiger partial charge in [-0.3, -0.25) is 9.59 Å². The zero-order valence-corrected chi connectivity index (χ0v) is 16.0. The van der Waals surface area contributed by atoms with Crippen molar-refractivity contribution in [3.8, 4) is 0 Å². The van der Waals surface area contributed by atoms with Crippen molar-refractivity contribution >= 4 is 15.9 Å². The molecule has 0 aromatic carbocycles. The summed E-state index contributed by atoms with van der Waals surface area (Å²) in [5, 5.41) is 0. The first-order valence-corrected chi connectivity index (χ1v) is 10.2. The number of sulfonamides is 1. The molecule has 1 fully saturated rings. The topological polar surface area (TPSA) is 79.7 Å². The maximum Gasteiger partial charge on any atom is 0.251 e. The van der Waals surface area contributed by atoms with Crippen molar-refractivity contribution in [1.82, 2.24) is 13.8 Å². The lowest BCUT2D eigenvalue weighted by atomic mass is 9.99. The monoisotopic (exact) mass is 369 g/mol. The van der Waals surface area contributed by atoms with Gasteiger partial charge in [0, 0.05) is 38.4 Å². The number of hydrogen-bond donors (Lipinski definition) is 0. The van der Waals surface area contributed by atoms with Gasteiger partial charge in [-0.25, -0.2) is 8.42 Å². The number of carbonyl (C=O) groups is 1. The molecule has 1 aromatic heterocycles. The van der Waals surface area contributed by atoms with E-state index in [2.05, 4.69) is 6.92 Å². The number of pyridine rings is 1. The summed E-state index contributed by atoms with van der Waals surface area (Å²) < 4.78 is 27.7. The van der Waals surface area contributed by atoms with Crippen molar-refractivity contribution in [1.29, 1.82) is 0 Å². The third-order valence-electron chi connectivity index (χ3n) is 4.74. The van der Waals surface area contributed by atoms with Crippen LogP contribution in [-0.2, 0) is 21.4 Å². The van der Waals surface area contributed by atoms with Crippen molar-refractivity contribution < 1.29 is 13.2 Å². The van der Waals surface area contributed by atoms with Crippen molar-refractivity contribution in [2.45, 2.75) is 45.1 Å². The molecule has 0 unspecified atom stereocenters. The van der Waals surface area contributed by atoms with Crippen LogP contribution in [0.5, 0.6) is 0 Å². The molecule has 0 atom stereocenters. The van der Waals surface area contributed by atoms with Gasteiger partial charge in [-0.15, -0.1) is 0 Å². The Labute approximate surface area is 149 Å². The fraction of sp³-hybridized carbons (Fsp3) is 0.647. The molecule has 0 spiro atoms. The van der Waals surface area contributed by atoms with Gasteiger partial charge in [-0.2, -0.15) is 4.31 Å². The average Bonchev–Trinajstić information content (AvgIpc) is 2.58. The van der Waals surface area contributed by atoms with Crippen LogP contribution in [-0.4, -0.2) is 54.3 Å². The summed E-state index contributed by atoms with van der Waals surface area (Å²) in [7, 11) is -3.66. The maximum atomic E-state index is 12.6. The van der Waals surface area contributed by atoms with Crippen LogP contribution in [0, 0.1) is 5.92 Å². The van der Waals surface area contributed by atoms with E-state index in [0.29, 0.717) is 32.1 Å². The van der Waals surface area contributed by atoms with Gasteiger partial charge in [0.15, 0.2) is 0 Å². The summed E-state index contributed by atoms with van der Waals surface area (Å²) in [4.78, 5) is 26.3. The molecule has 2 rings (SSSR count). The van der Waals surface area contributed by atoms with Gasteiger partial charge in [0.25, 0.3) is 5.56 Å². The van der Waals surface area contributed by atoms with Gasteiger partial charge >= 0.3 is 0 Å². The van der Waals surface area contributed by atoms with E-state index in [9.17, 15) is 18.0 Å². The lowest BCUT2D eigenvalue weighted by Gasteiger charge is -2.30. The zero-order valence-electron chi connectivity index (χ0n) is 15.1. The molecule has 1 aromatic rings. The Hall–Kier alpha value is -1.67. The quantitative estimate of drug-likeness (QED) is 0.753. The maximum absolute atomic E-state index is 12.6. The largest absolute Gasteiger partial charge is 0.341 e. The first-order chi connectivity index (χ1) is 11.8. The fourth-order valence-corrected chi connectivity index (χ4v) is 4.48. The van der Waals surface area contributed by atoms with Crippen LogP contribution in [0.1, 0.15) is 33.6 Å². The van der Waals surface area contributed by atoms with E-state index in [0.717, 1.165) is 12.8 Å². The van der Waals surface area contributed by atoms with Gasteiger partial charge in [0.05, 0.1) is 4.90 Å². The standard InChI is InChI=1S/C17H27N3O4S/c1-4-20(5-2)25(23,24)15-6-7-16(21)19(12-15)13-17(22)18-10-8-14(3)9-11-18/h6-7,12,14H,4-5,8-11,13H2,1-3H3. The highest BCUT2D eigenvalue weighted by molar-refractivity contribution is 7.89. The first kappa shape index (κ1) is 19.7. The molecule has 0 radical (unpaired) electrons. The molecule has 1 aliphatic heterocycles. The number of amides is 1. The van der Waals surface area contributed by atoms with Gasteiger partial charge in [-0.05, 0) is 24.8 Å². The van der Waals surface area contributed by atoms with Gasteiger partial charge in [0.1, 0.15) is 6.54 Å². The van der Waals surface area contributed by atoms with Crippen LogP contribution in [0.2, 0.25) is 0 Å². The summed E-state index contributed by atoms with van der Waals surface area (Å²) in [5.74, 6) is 0.459. The summed E-state index contributed by atoms with van der Waals surface area (Å²) in [6.07, 6.45) is 3.19. The molecular weight excluding hydrogens is 342 g/mol. The third-order valence-corrected chi connectivity index (χ3v) is 6.77. The summed E-state index contributed by atoms with van der Waals surface area (Å²) in [5.41, 5.74) is -0.378. The molecule has 0 N–H and O–H groups in total. The molecular formula is C17H27N3O4S. The van der Waals surface area contributed by atoms with Gasteiger partial charge in [-0.1, -0.05) is 20.8 Å². The lowest BCUT2D eigenvalue weighted by Crippen LogP contribution is -2.41. The SMILES string of the molecule is CCN(CC)S(=O)(=O)c1ccc(=O)n(CC(=O)N2CCC(C)CC2)c1. The predicted molar refractivity (Wildman–Crippen MR) is 95.8 cm³/mol. The van der Waals surface area contributed by atoms with Crippen LogP contribution in [0.25, 0.3) is 0 Å². The molecule has 2 heterocycles. The Bertz CT molecular complexity index is 760. The number of piperidine rings is 1. The van der Waals surface area contributed by atoms with E-state index < -0.39 is 10.0 Å². The number of rotatable bonds is 6. The molecule has 0 saturated carbocycles. The van der Waals surface area contributed by atoms with Gasteiger partial charge < -0.3 is 9.47 Å². The van der Waals surface area contributed by atoms with Crippen molar-refractivity contribution in [2.24, 2.45) is 5.92 Å².